The second-order valence-electron chi connectivity index (χ2n) is 5.51. The molecule has 1 rings (SSSR count). The zero-order chi connectivity index (χ0) is 12.9. The normalized spacial score (nSPS) is 24.5. The monoisotopic (exact) mass is 242 g/mol. The van der Waals surface area contributed by atoms with Crippen molar-refractivity contribution in [3.05, 3.63) is 0 Å². The minimum atomic E-state index is 0.159. The van der Waals surface area contributed by atoms with Gasteiger partial charge in [-0.1, -0.05) is 20.3 Å². The summed E-state index contributed by atoms with van der Waals surface area (Å²) in [5, 5.41) is 0. The van der Waals surface area contributed by atoms with Crippen molar-refractivity contribution in [2.24, 2.45) is 11.7 Å². The second kappa shape index (κ2) is 6.72. The fourth-order valence-corrected chi connectivity index (χ4v) is 2.85. The average molecular weight is 242 g/mol. The van der Waals surface area contributed by atoms with E-state index in [1.807, 2.05) is 0 Å². The van der Waals surface area contributed by atoms with E-state index in [1.54, 1.807) is 0 Å². The van der Waals surface area contributed by atoms with Crippen LogP contribution in [0.5, 0.6) is 0 Å². The van der Waals surface area contributed by atoms with Crippen molar-refractivity contribution in [3.63, 3.8) is 0 Å². The van der Waals surface area contributed by atoms with E-state index in [4.69, 9.17) is 10.5 Å². The van der Waals surface area contributed by atoms with Gasteiger partial charge in [0.1, 0.15) is 0 Å². The molecule has 0 amide bonds. The summed E-state index contributed by atoms with van der Waals surface area (Å²) in [6.07, 6.45) is 3.97. The molecule has 1 aliphatic rings. The number of hydrogen-bond donors (Lipinski definition) is 1. The zero-order valence-electron chi connectivity index (χ0n) is 12.0. The van der Waals surface area contributed by atoms with Crippen LogP contribution in [0.3, 0.4) is 0 Å². The van der Waals surface area contributed by atoms with E-state index in [9.17, 15) is 0 Å². The van der Waals surface area contributed by atoms with Gasteiger partial charge in [0.25, 0.3) is 0 Å². The summed E-state index contributed by atoms with van der Waals surface area (Å²) in [5.41, 5.74) is 6.19. The highest BCUT2D eigenvalue weighted by atomic mass is 16.5. The third-order valence-corrected chi connectivity index (χ3v) is 4.65. The number of ether oxygens (including phenoxy) is 1. The molecule has 17 heavy (non-hydrogen) atoms. The Labute approximate surface area is 107 Å². The molecule has 0 spiro atoms. The fourth-order valence-electron chi connectivity index (χ4n) is 2.85. The van der Waals surface area contributed by atoms with Crippen LogP contribution < -0.4 is 5.73 Å². The highest BCUT2D eigenvalue weighted by molar-refractivity contribution is 4.93. The van der Waals surface area contributed by atoms with Crippen molar-refractivity contribution >= 4 is 0 Å². The second-order valence-corrected chi connectivity index (χ2v) is 5.51. The zero-order valence-corrected chi connectivity index (χ0v) is 12.0. The highest BCUT2D eigenvalue weighted by Gasteiger charge is 2.37. The molecular weight excluding hydrogens is 212 g/mol. The Kier molecular flexibility index (Phi) is 5.90. The molecule has 1 saturated heterocycles. The van der Waals surface area contributed by atoms with E-state index in [0.717, 1.165) is 39.1 Å². The molecule has 0 aromatic rings. The summed E-state index contributed by atoms with van der Waals surface area (Å²) < 4.78 is 5.71. The molecule has 1 heterocycles. The van der Waals surface area contributed by atoms with Gasteiger partial charge < -0.3 is 10.5 Å². The van der Waals surface area contributed by atoms with E-state index in [2.05, 4.69) is 32.6 Å². The first kappa shape index (κ1) is 14.9. The van der Waals surface area contributed by atoms with Crippen molar-refractivity contribution < 1.29 is 4.74 Å². The smallest absolute Gasteiger partial charge is 0.0599 e. The number of hydrogen-bond acceptors (Lipinski definition) is 3. The fraction of sp³-hybridized carbons (Fsp3) is 1.00. The predicted octanol–water partition coefficient (Wildman–Crippen LogP) is 2.25. The molecule has 0 bridgehead atoms. The summed E-state index contributed by atoms with van der Waals surface area (Å²) in [5.74, 6) is 0.649. The van der Waals surface area contributed by atoms with Crippen LogP contribution >= 0.6 is 0 Å². The maximum atomic E-state index is 6.03. The van der Waals surface area contributed by atoms with Crippen molar-refractivity contribution in [2.45, 2.75) is 58.6 Å². The molecule has 1 fully saturated rings. The topological polar surface area (TPSA) is 38.5 Å². The lowest BCUT2D eigenvalue weighted by Crippen LogP contribution is -2.58. The number of nitrogens with zero attached hydrogens (tertiary/aromatic N) is 1. The van der Waals surface area contributed by atoms with E-state index in [0.29, 0.717) is 12.0 Å². The molecule has 0 radical (unpaired) electrons. The first-order chi connectivity index (χ1) is 8.08. The summed E-state index contributed by atoms with van der Waals surface area (Å²) in [4.78, 5) is 2.58. The predicted molar refractivity (Wildman–Crippen MR) is 73.1 cm³/mol. The van der Waals surface area contributed by atoms with Crippen LogP contribution in [-0.2, 0) is 4.74 Å². The molecule has 0 aliphatic carbocycles. The van der Waals surface area contributed by atoms with Crippen LogP contribution in [0.15, 0.2) is 0 Å². The Hall–Kier alpha value is -0.120. The molecule has 3 heteroatoms. The lowest BCUT2D eigenvalue weighted by Gasteiger charge is -2.47. The van der Waals surface area contributed by atoms with E-state index in [-0.39, 0.29) is 5.54 Å². The maximum Gasteiger partial charge on any atom is 0.0599 e. The summed E-state index contributed by atoms with van der Waals surface area (Å²) >= 11 is 0. The van der Waals surface area contributed by atoms with Gasteiger partial charge in [-0.05, 0) is 32.6 Å². The Morgan fingerprint density at radius 1 is 1.35 bits per heavy atom. The Balaban J connectivity index is 2.56. The van der Waals surface area contributed by atoms with Gasteiger partial charge in [0.15, 0.2) is 0 Å². The lowest BCUT2D eigenvalue weighted by molar-refractivity contribution is -0.0285. The van der Waals surface area contributed by atoms with Gasteiger partial charge in [-0.2, -0.15) is 0 Å². The molecule has 2 atom stereocenters. The third-order valence-electron chi connectivity index (χ3n) is 4.65. The van der Waals surface area contributed by atoms with Gasteiger partial charge in [-0.3, -0.25) is 4.90 Å². The molecule has 0 aromatic heterocycles. The minimum Gasteiger partial charge on any atom is -0.378 e. The lowest BCUT2D eigenvalue weighted by atomic mass is 9.82. The molecule has 3 nitrogen and oxygen atoms in total. The average Bonchev–Trinajstić information content (AvgIpc) is 2.38. The van der Waals surface area contributed by atoms with Gasteiger partial charge in [-0.25, -0.2) is 0 Å². The summed E-state index contributed by atoms with van der Waals surface area (Å²) in [6.45, 7) is 12.8. The van der Waals surface area contributed by atoms with E-state index >= 15 is 0 Å². The van der Waals surface area contributed by atoms with Crippen molar-refractivity contribution in [3.8, 4) is 0 Å². The number of piperidine rings is 1. The molecule has 0 aromatic carbocycles. The molecule has 1 aliphatic heterocycles. The molecule has 0 saturated carbocycles. The largest absolute Gasteiger partial charge is 0.378 e. The molecule has 2 N–H and O–H groups in total. The molecule has 2 unspecified atom stereocenters. The Morgan fingerprint density at radius 2 is 1.94 bits per heavy atom. The van der Waals surface area contributed by atoms with Gasteiger partial charge in [0, 0.05) is 31.8 Å². The molecule has 102 valence electrons. The van der Waals surface area contributed by atoms with Crippen LogP contribution in [0.2, 0.25) is 0 Å². The summed E-state index contributed by atoms with van der Waals surface area (Å²) in [7, 11) is 0. The van der Waals surface area contributed by atoms with Crippen LogP contribution in [0.1, 0.15) is 47.0 Å². The first-order valence-corrected chi connectivity index (χ1v) is 7.15. The highest BCUT2D eigenvalue weighted by Crippen LogP contribution is 2.29. The van der Waals surface area contributed by atoms with Crippen molar-refractivity contribution in [1.29, 1.82) is 0 Å². The maximum absolute atomic E-state index is 6.03. The Bertz CT molecular complexity index is 214. The summed E-state index contributed by atoms with van der Waals surface area (Å²) in [6, 6.07) is 0. The first-order valence-electron chi connectivity index (χ1n) is 7.15. The van der Waals surface area contributed by atoms with Crippen LogP contribution in [-0.4, -0.2) is 42.8 Å². The van der Waals surface area contributed by atoms with Gasteiger partial charge >= 0.3 is 0 Å². The third kappa shape index (κ3) is 3.43. The van der Waals surface area contributed by atoms with Crippen LogP contribution in [0.25, 0.3) is 0 Å². The van der Waals surface area contributed by atoms with Crippen LogP contribution in [0.4, 0.5) is 0 Å². The van der Waals surface area contributed by atoms with Crippen molar-refractivity contribution in [1.82, 2.24) is 4.90 Å². The Morgan fingerprint density at radius 3 is 2.35 bits per heavy atom. The number of nitrogens with two attached hydrogens (primary N) is 1. The number of rotatable bonds is 6. The molecular formula is C14H30N2O. The standard InChI is InChI=1S/C14H30N2O/c1-5-12(3)14(4,11-15)16-9-7-13(8-10-16)17-6-2/h12-13H,5-11,15H2,1-4H3. The van der Waals surface area contributed by atoms with Crippen molar-refractivity contribution in [2.75, 3.05) is 26.2 Å². The van der Waals surface area contributed by atoms with Gasteiger partial charge in [0.05, 0.1) is 6.10 Å². The minimum absolute atomic E-state index is 0.159. The SMILES string of the molecule is CCOC1CCN(C(C)(CN)C(C)CC)CC1. The van der Waals surface area contributed by atoms with Gasteiger partial charge in [0.2, 0.25) is 0 Å². The number of likely N-dealkylation sites (tertiary alicyclic amines) is 1. The van der Waals surface area contributed by atoms with E-state index < -0.39 is 0 Å². The van der Waals surface area contributed by atoms with E-state index in [1.165, 1.54) is 6.42 Å². The quantitative estimate of drug-likeness (QED) is 0.776. The van der Waals surface area contributed by atoms with Gasteiger partial charge in [-0.15, -0.1) is 0 Å². The van der Waals surface area contributed by atoms with Crippen LogP contribution in [0, 0.1) is 5.92 Å².